The lowest BCUT2D eigenvalue weighted by molar-refractivity contribution is -0.117. The fourth-order valence-electron chi connectivity index (χ4n) is 2.20. The van der Waals surface area contributed by atoms with Crippen molar-refractivity contribution in [2.45, 2.75) is 25.9 Å². The SMILES string of the molecule is C[CH]N1CC2(CC(O)C2)C1. The Morgan fingerprint density at radius 1 is 1.50 bits per heavy atom. The molecule has 2 heteroatoms. The quantitative estimate of drug-likeness (QED) is 0.577. The van der Waals surface area contributed by atoms with Crippen LogP contribution in [0.15, 0.2) is 0 Å². The molecule has 0 aromatic heterocycles. The van der Waals surface area contributed by atoms with Gasteiger partial charge in [0.25, 0.3) is 0 Å². The zero-order chi connectivity index (χ0) is 7.19. The number of aliphatic hydroxyl groups excluding tert-OH is 1. The molecule has 1 aliphatic heterocycles. The number of rotatable bonds is 1. The molecule has 10 heavy (non-hydrogen) atoms. The largest absolute Gasteiger partial charge is 0.393 e. The van der Waals surface area contributed by atoms with Crippen molar-refractivity contribution in [2.75, 3.05) is 13.1 Å². The summed E-state index contributed by atoms with van der Waals surface area (Å²) in [6, 6.07) is 0. The third-order valence-corrected chi connectivity index (χ3v) is 2.78. The molecular formula is C8H14NO. The molecule has 1 saturated carbocycles. The molecule has 2 rings (SSSR count). The highest BCUT2D eigenvalue weighted by molar-refractivity contribution is 5.05. The van der Waals surface area contributed by atoms with Crippen molar-refractivity contribution < 1.29 is 5.11 Å². The molecule has 1 saturated heterocycles. The molecule has 1 radical (unpaired) electrons. The van der Waals surface area contributed by atoms with E-state index in [2.05, 4.69) is 18.4 Å². The predicted octanol–water partition coefficient (Wildman–Crippen LogP) is 0.625. The van der Waals surface area contributed by atoms with Gasteiger partial charge in [-0.3, -0.25) is 4.90 Å². The second-order valence-electron chi connectivity index (χ2n) is 3.73. The van der Waals surface area contributed by atoms with Gasteiger partial charge in [-0.25, -0.2) is 0 Å². The van der Waals surface area contributed by atoms with Gasteiger partial charge in [-0.2, -0.15) is 0 Å². The Kier molecular flexibility index (Phi) is 1.29. The van der Waals surface area contributed by atoms with E-state index in [1.807, 2.05) is 0 Å². The highest BCUT2D eigenvalue weighted by Crippen LogP contribution is 2.48. The molecule has 0 aromatic carbocycles. The first-order valence-corrected chi connectivity index (χ1v) is 3.96. The molecule has 2 aliphatic rings. The van der Waals surface area contributed by atoms with Gasteiger partial charge >= 0.3 is 0 Å². The van der Waals surface area contributed by atoms with E-state index in [-0.39, 0.29) is 6.10 Å². The number of hydrogen-bond donors (Lipinski definition) is 1. The Bertz CT molecular complexity index is 132. The van der Waals surface area contributed by atoms with E-state index in [0.717, 1.165) is 12.8 Å². The average Bonchev–Trinajstić information content (AvgIpc) is 1.74. The van der Waals surface area contributed by atoms with Gasteiger partial charge in [-0.15, -0.1) is 0 Å². The number of hydrogen-bond acceptors (Lipinski definition) is 2. The summed E-state index contributed by atoms with van der Waals surface area (Å²) >= 11 is 0. The Labute approximate surface area is 61.8 Å². The van der Waals surface area contributed by atoms with Crippen LogP contribution in [0.4, 0.5) is 0 Å². The van der Waals surface area contributed by atoms with Crippen LogP contribution in [0.5, 0.6) is 0 Å². The van der Waals surface area contributed by atoms with Crippen molar-refractivity contribution in [1.29, 1.82) is 0 Å². The van der Waals surface area contributed by atoms with E-state index in [1.54, 1.807) is 0 Å². The van der Waals surface area contributed by atoms with E-state index in [0.29, 0.717) is 5.41 Å². The minimum atomic E-state index is 0.0130. The van der Waals surface area contributed by atoms with Gasteiger partial charge in [0.05, 0.1) is 6.10 Å². The van der Waals surface area contributed by atoms with Crippen molar-refractivity contribution in [1.82, 2.24) is 4.90 Å². The van der Waals surface area contributed by atoms with Crippen LogP contribution < -0.4 is 0 Å². The molecule has 1 N–H and O–H groups in total. The van der Waals surface area contributed by atoms with E-state index in [1.165, 1.54) is 13.1 Å². The van der Waals surface area contributed by atoms with Gasteiger partial charge in [0.1, 0.15) is 0 Å². The van der Waals surface area contributed by atoms with Crippen LogP contribution in [0.1, 0.15) is 19.8 Å². The van der Waals surface area contributed by atoms with Crippen molar-refractivity contribution in [2.24, 2.45) is 5.41 Å². The average molecular weight is 140 g/mol. The standard InChI is InChI=1S/C8H14NO/c1-2-9-5-8(6-9)3-7(10)4-8/h2,7,10H,3-6H2,1H3. The molecule has 0 unspecified atom stereocenters. The summed E-state index contributed by atoms with van der Waals surface area (Å²) in [5, 5.41) is 9.08. The maximum absolute atomic E-state index is 9.08. The van der Waals surface area contributed by atoms with Crippen LogP contribution in [-0.4, -0.2) is 29.2 Å². The second-order valence-corrected chi connectivity index (χ2v) is 3.73. The first-order chi connectivity index (χ1) is 4.74. The van der Waals surface area contributed by atoms with E-state index in [9.17, 15) is 0 Å². The zero-order valence-corrected chi connectivity index (χ0v) is 6.38. The lowest BCUT2D eigenvalue weighted by atomic mass is 9.62. The van der Waals surface area contributed by atoms with Gasteiger partial charge in [-0.1, -0.05) is 0 Å². The first kappa shape index (κ1) is 6.62. The minimum Gasteiger partial charge on any atom is -0.393 e. The smallest absolute Gasteiger partial charge is 0.0552 e. The van der Waals surface area contributed by atoms with Crippen LogP contribution in [0.25, 0.3) is 0 Å². The highest BCUT2D eigenvalue weighted by Gasteiger charge is 2.51. The fraction of sp³-hybridized carbons (Fsp3) is 0.875. The van der Waals surface area contributed by atoms with Crippen LogP contribution in [-0.2, 0) is 0 Å². The summed E-state index contributed by atoms with van der Waals surface area (Å²) in [6.45, 7) is 6.57. The number of likely N-dealkylation sites (tertiary alicyclic amines) is 1. The Morgan fingerprint density at radius 3 is 2.50 bits per heavy atom. The molecule has 1 heterocycles. The molecule has 0 atom stereocenters. The Hall–Kier alpha value is -0.0800. The summed E-state index contributed by atoms with van der Waals surface area (Å²) in [6.07, 6.45) is 2.09. The van der Waals surface area contributed by atoms with Gasteiger partial charge < -0.3 is 5.11 Å². The molecule has 57 valence electrons. The van der Waals surface area contributed by atoms with Crippen LogP contribution in [0.3, 0.4) is 0 Å². The monoisotopic (exact) mass is 140 g/mol. The van der Waals surface area contributed by atoms with E-state index in [4.69, 9.17) is 5.11 Å². The summed E-state index contributed by atoms with van der Waals surface area (Å²) < 4.78 is 0. The Balaban J connectivity index is 1.80. The minimum absolute atomic E-state index is 0.0130. The number of nitrogens with zero attached hydrogens (tertiary/aromatic N) is 1. The molecule has 0 bridgehead atoms. The van der Waals surface area contributed by atoms with Crippen molar-refractivity contribution >= 4 is 0 Å². The van der Waals surface area contributed by atoms with Gasteiger partial charge in [0.2, 0.25) is 0 Å². The summed E-state index contributed by atoms with van der Waals surface area (Å²) in [5.41, 5.74) is 0.534. The maximum Gasteiger partial charge on any atom is 0.0552 e. The molecule has 0 aromatic rings. The van der Waals surface area contributed by atoms with E-state index < -0.39 is 0 Å². The normalized spacial score (nSPS) is 31.8. The van der Waals surface area contributed by atoms with Gasteiger partial charge in [0.15, 0.2) is 0 Å². The highest BCUT2D eigenvalue weighted by atomic mass is 16.3. The topological polar surface area (TPSA) is 23.5 Å². The first-order valence-electron chi connectivity index (χ1n) is 3.96. The molecule has 2 fully saturated rings. The lowest BCUT2D eigenvalue weighted by Gasteiger charge is -2.57. The molecule has 2 nitrogen and oxygen atoms in total. The summed E-state index contributed by atoms with van der Waals surface area (Å²) in [5.74, 6) is 0. The van der Waals surface area contributed by atoms with Gasteiger partial charge in [0, 0.05) is 25.0 Å². The second kappa shape index (κ2) is 1.95. The molecule has 1 aliphatic carbocycles. The third kappa shape index (κ3) is 0.789. The van der Waals surface area contributed by atoms with Crippen molar-refractivity contribution in [3.05, 3.63) is 6.54 Å². The summed E-state index contributed by atoms with van der Waals surface area (Å²) in [4.78, 5) is 2.31. The van der Waals surface area contributed by atoms with Crippen molar-refractivity contribution in [3.63, 3.8) is 0 Å². The zero-order valence-electron chi connectivity index (χ0n) is 6.38. The van der Waals surface area contributed by atoms with Crippen LogP contribution in [0, 0.1) is 12.0 Å². The molecule has 1 spiro atoms. The van der Waals surface area contributed by atoms with Gasteiger partial charge in [-0.05, 0) is 19.8 Å². The van der Waals surface area contributed by atoms with E-state index >= 15 is 0 Å². The fourth-order valence-corrected chi connectivity index (χ4v) is 2.20. The Morgan fingerprint density at radius 2 is 2.10 bits per heavy atom. The molecular weight excluding hydrogens is 126 g/mol. The van der Waals surface area contributed by atoms with Crippen molar-refractivity contribution in [3.8, 4) is 0 Å². The van der Waals surface area contributed by atoms with Crippen LogP contribution in [0.2, 0.25) is 0 Å². The molecule has 0 amide bonds. The number of aliphatic hydroxyl groups is 1. The van der Waals surface area contributed by atoms with Crippen LogP contribution >= 0.6 is 0 Å². The predicted molar refractivity (Wildman–Crippen MR) is 39.2 cm³/mol. The maximum atomic E-state index is 9.08. The third-order valence-electron chi connectivity index (χ3n) is 2.78. The lowest BCUT2D eigenvalue weighted by Crippen LogP contribution is -2.62. The summed E-state index contributed by atoms with van der Waals surface area (Å²) in [7, 11) is 0.